The van der Waals surface area contributed by atoms with E-state index in [0.717, 1.165) is 15.3 Å². The summed E-state index contributed by atoms with van der Waals surface area (Å²) in [6.07, 6.45) is -0.791. The van der Waals surface area contributed by atoms with Crippen LogP contribution >= 0.6 is 22.9 Å². The monoisotopic (exact) mass is 270 g/mol. The van der Waals surface area contributed by atoms with Gasteiger partial charge in [-0.3, -0.25) is 0 Å². The molecule has 0 aliphatic carbocycles. The second kappa shape index (κ2) is 4.77. The Morgan fingerprint density at radius 2 is 2.00 bits per heavy atom. The number of aliphatic hydroxyl groups excluding tert-OH is 1. The summed E-state index contributed by atoms with van der Waals surface area (Å²) in [4.78, 5) is 1.98. The molecule has 0 saturated carbocycles. The topological polar surface area (TPSA) is 20.2 Å². The lowest BCUT2D eigenvalue weighted by Crippen LogP contribution is -1.99. The zero-order valence-electron chi connectivity index (χ0n) is 9.50. The van der Waals surface area contributed by atoms with Gasteiger partial charge in [0.25, 0.3) is 0 Å². The molecular weight excluding hydrogens is 259 g/mol. The van der Waals surface area contributed by atoms with E-state index in [1.165, 1.54) is 23.5 Å². The Kier molecular flexibility index (Phi) is 3.52. The highest BCUT2D eigenvalue weighted by Gasteiger charge is 2.16. The van der Waals surface area contributed by atoms with Crippen molar-refractivity contribution >= 4 is 22.9 Å². The van der Waals surface area contributed by atoms with Crippen LogP contribution in [0.3, 0.4) is 0 Å². The Labute approximate surface area is 108 Å². The first kappa shape index (κ1) is 12.6. The highest BCUT2D eigenvalue weighted by Crippen LogP contribution is 2.32. The van der Waals surface area contributed by atoms with Crippen LogP contribution < -0.4 is 0 Å². The van der Waals surface area contributed by atoms with Crippen LogP contribution in [-0.4, -0.2) is 5.11 Å². The number of benzene rings is 1. The summed E-state index contributed by atoms with van der Waals surface area (Å²) in [6.45, 7) is 3.92. The molecular formula is C13H12ClFOS. The van der Waals surface area contributed by atoms with Gasteiger partial charge in [-0.1, -0.05) is 17.7 Å². The summed E-state index contributed by atoms with van der Waals surface area (Å²) in [7, 11) is 0. The summed E-state index contributed by atoms with van der Waals surface area (Å²) in [5.41, 5.74) is 1.55. The fourth-order valence-electron chi connectivity index (χ4n) is 1.76. The zero-order chi connectivity index (χ0) is 12.6. The van der Waals surface area contributed by atoms with Gasteiger partial charge in [-0.25, -0.2) is 4.39 Å². The van der Waals surface area contributed by atoms with Crippen molar-refractivity contribution in [1.82, 2.24) is 0 Å². The third-order valence-electron chi connectivity index (χ3n) is 2.59. The summed E-state index contributed by atoms with van der Waals surface area (Å²) >= 11 is 7.13. The van der Waals surface area contributed by atoms with Crippen LogP contribution in [0.1, 0.15) is 27.0 Å². The van der Waals surface area contributed by atoms with E-state index in [4.69, 9.17) is 11.6 Å². The molecule has 0 amide bonds. The van der Waals surface area contributed by atoms with Crippen molar-refractivity contribution in [2.45, 2.75) is 20.0 Å². The molecule has 2 aromatic rings. The molecule has 0 bridgehead atoms. The highest BCUT2D eigenvalue weighted by molar-refractivity contribution is 7.12. The van der Waals surface area contributed by atoms with Crippen LogP contribution in [0.25, 0.3) is 0 Å². The smallest absolute Gasteiger partial charge is 0.142 e. The van der Waals surface area contributed by atoms with E-state index in [2.05, 4.69) is 0 Å². The van der Waals surface area contributed by atoms with Crippen LogP contribution in [-0.2, 0) is 0 Å². The van der Waals surface area contributed by atoms with Crippen LogP contribution in [0, 0.1) is 19.7 Å². The van der Waals surface area contributed by atoms with Crippen molar-refractivity contribution in [2.75, 3.05) is 0 Å². The number of hydrogen-bond acceptors (Lipinski definition) is 2. The Morgan fingerprint density at radius 1 is 1.29 bits per heavy atom. The Hall–Kier alpha value is -0.900. The second-order valence-corrected chi connectivity index (χ2v) is 5.68. The standard InChI is InChI=1S/C13H12ClFOS/c1-7-5-8(2)17-13(7)12(16)9-3-4-10(14)11(15)6-9/h3-6,12,16H,1-2H3. The summed E-state index contributed by atoms with van der Waals surface area (Å²) in [5, 5.41) is 10.3. The van der Waals surface area contributed by atoms with Crippen molar-refractivity contribution in [3.8, 4) is 0 Å². The highest BCUT2D eigenvalue weighted by atomic mass is 35.5. The number of aryl methyl sites for hydroxylation is 2. The third kappa shape index (κ3) is 2.51. The number of aliphatic hydroxyl groups is 1. The van der Waals surface area contributed by atoms with Gasteiger partial charge < -0.3 is 5.11 Å². The predicted molar refractivity (Wildman–Crippen MR) is 69.3 cm³/mol. The maximum atomic E-state index is 13.3. The molecule has 0 aliphatic rings. The molecule has 1 unspecified atom stereocenters. The maximum absolute atomic E-state index is 13.3. The minimum atomic E-state index is -0.791. The first-order valence-corrected chi connectivity index (χ1v) is 6.38. The predicted octanol–water partition coefficient (Wildman–Crippen LogP) is 4.24. The molecule has 90 valence electrons. The fraction of sp³-hybridized carbons (Fsp3) is 0.231. The summed E-state index contributed by atoms with van der Waals surface area (Å²) < 4.78 is 13.3. The number of thiophene rings is 1. The molecule has 0 spiro atoms. The van der Waals surface area contributed by atoms with E-state index in [0.29, 0.717) is 5.56 Å². The van der Waals surface area contributed by atoms with Gasteiger partial charge in [-0.05, 0) is 43.2 Å². The SMILES string of the molecule is Cc1cc(C)c(C(O)c2ccc(Cl)c(F)c2)s1. The number of hydrogen-bond donors (Lipinski definition) is 1. The lowest BCUT2D eigenvalue weighted by Gasteiger charge is -2.11. The van der Waals surface area contributed by atoms with Gasteiger partial charge in [0.15, 0.2) is 0 Å². The fourth-order valence-corrected chi connectivity index (χ4v) is 2.93. The molecule has 0 fully saturated rings. The van der Waals surface area contributed by atoms with E-state index in [1.54, 1.807) is 6.07 Å². The summed E-state index contributed by atoms with van der Waals surface area (Å²) in [6, 6.07) is 6.40. The van der Waals surface area contributed by atoms with Crippen molar-refractivity contribution in [2.24, 2.45) is 0 Å². The molecule has 4 heteroatoms. The van der Waals surface area contributed by atoms with Gasteiger partial charge in [-0.2, -0.15) is 0 Å². The van der Waals surface area contributed by atoms with E-state index in [-0.39, 0.29) is 5.02 Å². The first-order valence-electron chi connectivity index (χ1n) is 5.19. The van der Waals surface area contributed by atoms with Crippen molar-refractivity contribution < 1.29 is 9.50 Å². The molecule has 0 radical (unpaired) electrons. The summed E-state index contributed by atoms with van der Waals surface area (Å²) in [5.74, 6) is -0.505. The van der Waals surface area contributed by atoms with Gasteiger partial charge in [0.1, 0.15) is 11.9 Å². The van der Waals surface area contributed by atoms with Crippen LogP contribution in [0.4, 0.5) is 4.39 Å². The van der Waals surface area contributed by atoms with Crippen molar-refractivity contribution in [1.29, 1.82) is 0 Å². The first-order chi connectivity index (χ1) is 7.99. The molecule has 0 aliphatic heterocycles. The van der Waals surface area contributed by atoms with Crippen LogP contribution in [0.15, 0.2) is 24.3 Å². The molecule has 1 aromatic heterocycles. The molecule has 17 heavy (non-hydrogen) atoms. The van der Waals surface area contributed by atoms with Gasteiger partial charge in [0.05, 0.1) is 5.02 Å². The lowest BCUT2D eigenvalue weighted by atomic mass is 10.1. The van der Waals surface area contributed by atoms with Crippen LogP contribution in [0.2, 0.25) is 5.02 Å². The van der Waals surface area contributed by atoms with E-state index >= 15 is 0 Å². The molecule has 2 rings (SSSR count). The average Bonchev–Trinajstić information content (AvgIpc) is 2.61. The minimum Gasteiger partial charge on any atom is -0.383 e. The maximum Gasteiger partial charge on any atom is 0.142 e. The lowest BCUT2D eigenvalue weighted by molar-refractivity contribution is 0.223. The van der Waals surface area contributed by atoms with Crippen molar-refractivity contribution in [3.63, 3.8) is 0 Å². The van der Waals surface area contributed by atoms with Crippen LogP contribution in [0.5, 0.6) is 0 Å². The normalized spacial score (nSPS) is 12.8. The Balaban J connectivity index is 2.40. The van der Waals surface area contributed by atoms with Gasteiger partial charge in [0, 0.05) is 9.75 Å². The zero-order valence-corrected chi connectivity index (χ0v) is 11.1. The molecule has 0 saturated heterocycles. The van der Waals surface area contributed by atoms with E-state index in [9.17, 15) is 9.50 Å². The quantitative estimate of drug-likeness (QED) is 0.865. The molecule has 1 nitrogen and oxygen atoms in total. The van der Waals surface area contributed by atoms with E-state index in [1.807, 2.05) is 19.9 Å². The molecule has 1 atom stereocenters. The number of rotatable bonds is 2. The van der Waals surface area contributed by atoms with Gasteiger partial charge >= 0.3 is 0 Å². The van der Waals surface area contributed by atoms with E-state index < -0.39 is 11.9 Å². The van der Waals surface area contributed by atoms with Crippen molar-refractivity contribution in [3.05, 3.63) is 56.0 Å². The Bertz CT molecular complexity index is 550. The molecule has 1 heterocycles. The Morgan fingerprint density at radius 3 is 2.53 bits per heavy atom. The van der Waals surface area contributed by atoms with Gasteiger partial charge in [0.2, 0.25) is 0 Å². The average molecular weight is 271 g/mol. The van der Waals surface area contributed by atoms with Gasteiger partial charge in [-0.15, -0.1) is 11.3 Å². The second-order valence-electron chi connectivity index (χ2n) is 3.98. The number of halogens is 2. The molecule has 1 aromatic carbocycles. The minimum absolute atomic E-state index is 0.0695. The molecule has 1 N–H and O–H groups in total. The third-order valence-corrected chi connectivity index (χ3v) is 4.10. The largest absolute Gasteiger partial charge is 0.383 e.